The number of hydrogen-bond donors (Lipinski definition) is 1. The van der Waals surface area contributed by atoms with Crippen LogP contribution < -0.4 is 4.74 Å². The van der Waals surface area contributed by atoms with Gasteiger partial charge in [0.2, 0.25) is 0 Å². The van der Waals surface area contributed by atoms with E-state index >= 15 is 0 Å². The van der Waals surface area contributed by atoms with E-state index in [0.29, 0.717) is 15.8 Å². The van der Waals surface area contributed by atoms with E-state index in [1.165, 1.54) is 11.3 Å². The predicted octanol–water partition coefficient (Wildman–Crippen LogP) is 5.21. The van der Waals surface area contributed by atoms with E-state index < -0.39 is 5.97 Å². The molecule has 0 saturated carbocycles. The highest BCUT2D eigenvalue weighted by molar-refractivity contribution is 7.17. The molecule has 1 N–H and O–H groups in total. The third-order valence-corrected chi connectivity index (χ3v) is 4.29. The van der Waals surface area contributed by atoms with Gasteiger partial charge in [-0.2, -0.15) is 0 Å². The first-order valence-electron chi connectivity index (χ1n) is 7.03. The average molecular weight is 337 g/mol. The van der Waals surface area contributed by atoms with Crippen molar-refractivity contribution in [3.8, 4) is 5.75 Å². The van der Waals surface area contributed by atoms with Crippen molar-refractivity contribution >= 4 is 40.6 Å². The number of halogens is 1. The Labute approximate surface area is 138 Å². The summed E-state index contributed by atoms with van der Waals surface area (Å²) >= 11 is 7.13. The van der Waals surface area contributed by atoms with Gasteiger partial charge in [-0.05, 0) is 42.3 Å². The summed E-state index contributed by atoms with van der Waals surface area (Å²) in [6.45, 7) is 2.81. The second-order valence-electron chi connectivity index (χ2n) is 4.74. The molecule has 0 fully saturated rings. The van der Waals surface area contributed by atoms with Crippen LogP contribution in [0.15, 0.2) is 36.4 Å². The lowest BCUT2D eigenvalue weighted by Crippen LogP contribution is -1.98. The quantitative estimate of drug-likeness (QED) is 0.558. The number of aliphatic carboxylic acids is 1. The molecule has 0 bridgehead atoms. The van der Waals surface area contributed by atoms with Gasteiger partial charge in [-0.3, -0.25) is 0 Å². The molecule has 0 aliphatic carbocycles. The molecule has 116 valence electrons. The number of rotatable bonds is 7. The van der Waals surface area contributed by atoms with Crippen LogP contribution in [0.1, 0.15) is 30.2 Å². The van der Waals surface area contributed by atoms with Crippen LogP contribution in [0.3, 0.4) is 0 Å². The molecular formula is C17H17ClO3S. The highest BCUT2D eigenvalue weighted by atomic mass is 35.5. The number of ether oxygens (including phenoxy) is 1. The molecule has 0 aliphatic heterocycles. The molecular weight excluding hydrogens is 320 g/mol. The van der Waals surface area contributed by atoms with Gasteiger partial charge in [-0.15, -0.1) is 11.3 Å². The van der Waals surface area contributed by atoms with E-state index in [4.69, 9.17) is 16.3 Å². The molecule has 0 unspecified atom stereocenters. The third kappa shape index (κ3) is 4.61. The van der Waals surface area contributed by atoms with Crippen molar-refractivity contribution in [1.82, 2.24) is 0 Å². The highest BCUT2D eigenvalue weighted by Gasteiger charge is 2.12. The van der Waals surface area contributed by atoms with Gasteiger partial charge >= 0.3 is 5.97 Å². The molecule has 22 heavy (non-hydrogen) atoms. The summed E-state index contributed by atoms with van der Waals surface area (Å²) in [5.74, 6) is -0.177. The van der Waals surface area contributed by atoms with Gasteiger partial charge in [-0.25, -0.2) is 4.79 Å². The Morgan fingerprint density at radius 3 is 2.55 bits per heavy atom. The highest BCUT2D eigenvalue weighted by Crippen LogP contribution is 2.29. The Kier molecular flexibility index (Phi) is 6.04. The Hall–Kier alpha value is -1.78. The molecule has 0 aliphatic rings. The van der Waals surface area contributed by atoms with Crippen LogP contribution in [0.4, 0.5) is 0 Å². The average Bonchev–Trinajstić information content (AvgIpc) is 2.92. The van der Waals surface area contributed by atoms with E-state index in [2.05, 4.69) is 6.92 Å². The van der Waals surface area contributed by atoms with Gasteiger partial charge in [0.1, 0.15) is 5.75 Å². The first-order chi connectivity index (χ1) is 10.6. The van der Waals surface area contributed by atoms with Crippen molar-refractivity contribution in [3.05, 3.63) is 51.2 Å². The van der Waals surface area contributed by atoms with Gasteiger partial charge in [0.25, 0.3) is 0 Å². The summed E-state index contributed by atoms with van der Waals surface area (Å²) in [5, 5.41) is 9.37. The topological polar surface area (TPSA) is 46.5 Å². The van der Waals surface area contributed by atoms with Crippen LogP contribution in [0, 0.1) is 0 Å². The number of hydrogen-bond acceptors (Lipinski definition) is 3. The van der Waals surface area contributed by atoms with Crippen molar-refractivity contribution in [3.63, 3.8) is 0 Å². The largest absolute Gasteiger partial charge is 0.494 e. The zero-order valence-electron chi connectivity index (χ0n) is 12.2. The molecule has 2 rings (SSSR count). The maximum Gasteiger partial charge on any atom is 0.337 e. The van der Waals surface area contributed by atoms with Gasteiger partial charge < -0.3 is 9.84 Å². The third-order valence-electron chi connectivity index (χ3n) is 3.03. The Morgan fingerprint density at radius 1 is 1.27 bits per heavy atom. The zero-order chi connectivity index (χ0) is 15.9. The minimum atomic E-state index is -0.971. The first-order valence-corrected chi connectivity index (χ1v) is 8.23. The van der Waals surface area contributed by atoms with Crippen LogP contribution >= 0.6 is 22.9 Å². The first kappa shape index (κ1) is 16.6. The van der Waals surface area contributed by atoms with Crippen LogP contribution in [0.2, 0.25) is 4.34 Å². The fourth-order valence-electron chi connectivity index (χ4n) is 1.86. The molecule has 0 radical (unpaired) electrons. The van der Waals surface area contributed by atoms with E-state index in [9.17, 15) is 9.90 Å². The predicted molar refractivity (Wildman–Crippen MR) is 91.7 cm³/mol. The molecule has 3 nitrogen and oxygen atoms in total. The van der Waals surface area contributed by atoms with Crippen molar-refractivity contribution in [1.29, 1.82) is 0 Å². The zero-order valence-corrected chi connectivity index (χ0v) is 13.8. The lowest BCUT2D eigenvalue weighted by atomic mass is 10.1. The number of carboxylic acids is 1. The Morgan fingerprint density at radius 2 is 2.00 bits per heavy atom. The summed E-state index contributed by atoms with van der Waals surface area (Å²) < 4.78 is 6.16. The maximum absolute atomic E-state index is 11.4. The van der Waals surface area contributed by atoms with Crippen molar-refractivity contribution in [2.75, 3.05) is 6.61 Å². The number of unbranched alkanes of at least 4 members (excludes halogenated alkanes) is 1. The molecule has 1 aromatic carbocycles. The number of carbonyl (C=O) groups is 1. The summed E-state index contributed by atoms with van der Waals surface area (Å²) in [4.78, 5) is 12.1. The molecule has 5 heteroatoms. The lowest BCUT2D eigenvalue weighted by Gasteiger charge is -2.05. The van der Waals surface area contributed by atoms with Crippen LogP contribution in [0.5, 0.6) is 5.75 Å². The minimum absolute atomic E-state index is 0.233. The van der Waals surface area contributed by atoms with Crippen molar-refractivity contribution < 1.29 is 14.6 Å². The monoisotopic (exact) mass is 336 g/mol. The molecule has 1 aromatic heterocycles. The molecule has 0 amide bonds. The normalized spacial score (nSPS) is 11.5. The Balaban J connectivity index is 2.16. The van der Waals surface area contributed by atoms with Gasteiger partial charge in [-0.1, -0.05) is 37.1 Å². The fraction of sp³-hybridized carbons (Fsp3) is 0.235. The molecule has 0 atom stereocenters. The molecule has 0 spiro atoms. The number of benzene rings is 1. The molecule has 0 saturated heterocycles. The van der Waals surface area contributed by atoms with Crippen LogP contribution in [-0.4, -0.2) is 17.7 Å². The number of thiophene rings is 1. The maximum atomic E-state index is 11.4. The molecule has 1 heterocycles. The SMILES string of the molecule is CCCCOc1ccc(/C=C(\C(=O)O)c2ccc(Cl)s2)cc1. The van der Waals surface area contributed by atoms with E-state index in [1.54, 1.807) is 18.2 Å². The second-order valence-corrected chi connectivity index (χ2v) is 6.45. The second kappa shape index (κ2) is 8.01. The van der Waals surface area contributed by atoms with Crippen LogP contribution in [-0.2, 0) is 4.79 Å². The van der Waals surface area contributed by atoms with Gasteiger partial charge in [0, 0.05) is 4.88 Å². The van der Waals surface area contributed by atoms with Gasteiger partial charge in [0.15, 0.2) is 0 Å². The molecule has 2 aromatic rings. The van der Waals surface area contributed by atoms with Crippen molar-refractivity contribution in [2.24, 2.45) is 0 Å². The smallest absolute Gasteiger partial charge is 0.337 e. The van der Waals surface area contributed by atoms with E-state index in [0.717, 1.165) is 24.2 Å². The van der Waals surface area contributed by atoms with Gasteiger partial charge in [0.05, 0.1) is 16.5 Å². The van der Waals surface area contributed by atoms with E-state index in [-0.39, 0.29) is 5.57 Å². The van der Waals surface area contributed by atoms with E-state index in [1.807, 2.05) is 24.3 Å². The summed E-state index contributed by atoms with van der Waals surface area (Å²) in [5.41, 5.74) is 1.04. The van der Waals surface area contributed by atoms with Crippen LogP contribution in [0.25, 0.3) is 11.6 Å². The standard InChI is InChI=1S/C17H17ClO3S/c1-2-3-10-21-13-6-4-12(5-7-13)11-14(17(19)20)15-8-9-16(18)22-15/h4-9,11H,2-3,10H2,1H3,(H,19,20)/b14-11-. The summed E-state index contributed by atoms with van der Waals surface area (Å²) in [7, 11) is 0. The minimum Gasteiger partial charge on any atom is -0.494 e. The summed E-state index contributed by atoms with van der Waals surface area (Å²) in [6, 6.07) is 10.8. The Bertz CT molecular complexity index is 659. The van der Waals surface area contributed by atoms with Crippen molar-refractivity contribution in [2.45, 2.75) is 19.8 Å². The fourth-order valence-corrected chi connectivity index (χ4v) is 2.91. The lowest BCUT2D eigenvalue weighted by molar-refractivity contribution is -0.130. The summed E-state index contributed by atoms with van der Waals surface area (Å²) in [6.07, 6.45) is 3.75. The number of carboxylic acid groups (broad SMARTS) is 1.